The third-order valence-corrected chi connectivity index (χ3v) is 5.42. The summed E-state index contributed by atoms with van der Waals surface area (Å²) < 4.78 is 14.9. The fraction of sp³-hybridized carbons (Fsp3) is 0.148. The lowest BCUT2D eigenvalue weighted by atomic mass is 10.1. The van der Waals surface area contributed by atoms with Crippen molar-refractivity contribution in [2.45, 2.75) is 13.8 Å². The van der Waals surface area contributed by atoms with Gasteiger partial charge in [0.05, 0.1) is 17.6 Å². The molecule has 0 atom stereocenters. The Morgan fingerprint density at radius 1 is 0.774 bits per heavy atom. The largest absolute Gasteiger partial charge is 0.372 e. The molecule has 4 heteroatoms. The van der Waals surface area contributed by atoms with Crippen LogP contribution >= 0.6 is 0 Å². The van der Waals surface area contributed by atoms with Crippen molar-refractivity contribution in [2.75, 3.05) is 23.0 Å². The predicted molar refractivity (Wildman–Crippen MR) is 130 cm³/mol. The van der Waals surface area contributed by atoms with Gasteiger partial charge in [-0.15, -0.1) is 0 Å². The van der Waals surface area contributed by atoms with Gasteiger partial charge in [0.25, 0.3) is 0 Å². The molecule has 156 valence electrons. The summed E-state index contributed by atoms with van der Waals surface area (Å²) in [5.41, 5.74) is 3.20. The van der Waals surface area contributed by atoms with Crippen LogP contribution in [0.2, 0.25) is 0 Å². The first kappa shape index (κ1) is 20.6. The van der Waals surface area contributed by atoms with Gasteiger partial charge in [0.2, 0.25) is 0 Å². The quantitative estimate of drug-likeness (QED) is 0.241. The number of anilines is 3. The number of benzene rings is 4. The predicted octanol–water partition coefficient (Wildman–Crippen LogP) is 7.00. The second-order valence-electron chi connectivity index (χ2n) is 7.27. The van der Waals surface area contributed by atoms with Crippen LogP contribution in [0.5, 0.6) is 0 Å². The number of fused-ring (bicyclic) bond motifs is 1. The van der Waals surface area contributed by atoms with Crippen molar-refractivity contribution in [1.82, 2.24) is 0 Å². The number of rotatable bonds is 7. The smallest absolute Gasteiger partial charge is 0.134 e. The second kappa shape index (κ2) is 9.43. The Kier molecular flexibility index (Phi) is 6.27. The minimum absolute atomic E-state index is 0.279. The summed E-state index contributed by atoms with van der Waals surface area (Å²) in [7, 11) is 0. The van der Waals surface area contributed by atoms with Gasteiger partial charge in [-0.05, 0) is 55.6 Å². The first-order valence-electron chi connectivity index (χ1n) is 10.6. The van der Waals surface area contributed by atoms with Crippen LogP contribution in [0.4, 0.5) is 21.5 Å². The minimum Gasteiger partial charge on any atom is -0.372 e. The summed E-state index contributed by atoms with van der Waals surface area (Å²) >= 11 is 0. The lowest BCUT2D eigenvalue weighted by Gasteiger charge is -2.22. The molecule has 0 spiro atoms. The fourth-order valence-electron chi connectivity index (χ4n) is 3.76. The maximum Gasteiger partial charge on any atom is 0.134 e. The van der Waals surface area contributed by atoms with E-state index in [1.54, 1.807) is 18.3 Å². The van der Waals surface area contributed by atoms with Crippen LogP contribution in [-0.4, -0.2) is 19.3 Å². The highest BCUT2D eigenvalue weighted by molar-refractivity contribution is 5.96. The van der Waals surface area contributed by atoms with Gasteiger partial charge >= 0.3 is 0 Å². The molecule has 0 bridgehead atoms. The summed E-state index contributed by atoms with van der Waals surface area (Å²) in [4.78, 5) is 2.12. The Labute approximate surface area is 183 Å². The summed E-state index contributed by atoms with van der Waals surface area (Å²) in [5, 5.41) is 8.79. The summed E-state index contributed by atoms with van der Waals surface area (Å²) in [6.07, 6.45) is 1.59. The highest BCUT2D eigenvalue weighted by atomic mass is 19.1. The molecule has 0 radical (unpaired) electrons. The van der Waals surface area contributed by atoms with Crippen molar-refractivity contribution in [3.8, 4) is 0 Å². The molecular weight excluding hydrogens is 385 g/mol. The average molecular weight is 412 g/mol. The van der Waals surface area contributed by atoms with Crippen molar-refractivity contribution in [2.24, 2.45) is 5.10 Å². The van der Waals surface area contributed by atoms with Crippen LogP contribution in [0, 0.1) is 5.82 Å². The molecule has 4 rings (SSSR count). The van der Waals surface area contributed by atoms with E-state index in [1.807, 2.05) is 65.7 Å². The lowest BCUT2D eigenvalue weighted by Crippen LogP contribution is -2.21. The molecule has 0 aromatic heterocycles. The van der Waals surface area contributed by atoms with Gasteiger partial charge in [-0.3, -0.25) is 0 Å². The summed E-state index contributed by atoms with van der Waals surface area (Å²) in [6.45, 7) is 5.82. The van der Waals surface area contributed by atoms with E-state index < -0.39 is 0 Å². The fourth-order valence-corrected chi connectivity index (χ4v) is 3.76. The molecule has 0 unspecified atom stereocenters. The molecule has 0 aliphatic heterocycles. The lowest BCUT2D eigenvalue weighted by molar-refractivity contribution is 0.625. The molecule has 0 heterocycles. The van der Waals surface area contributed by atoms with Gasteiger partial charge in [0, 0.05) is 29.7 Å². The zero-order valence-corrected chi connectivity index (χ0v) is 17.9. The van der Waals surface area contributed by atoms with Gasteiger partial charge in [-0.25, -0.2) is 9.40 Å². The van der Waals surface area contributed by atoms with Crippen LogP contribution in [-0.2, 0) is 0 Å². The number of hydrogen-bond acceptors (Lipinski definition) is 3. The number of hydrogen-bond donors (Lipinski definition) is 0. The van der Waals surface area contributed by atoms with Crippen LogP contribution < -0.4 is 9.91 Å². The SMILES string of the molecule is CCN(CC)c1ccc(C=NN(c2ccccc2)c2cccc3ccccc23)c(F)c1. The number of halogens is 1. The molecule has 0 aliphatic rings. The van der Waals surface area contributed by atoms with Crippen molar-refractivity contribution < 1.29 is 4.39 Å². The van der Waals surface area contributed by atoms with Crippen LogP contribution in [0.1, 0.15) is 19.4 Å². The Bertz CT molecular complexity index is 1180. The third-order valence-electron chi connectivity index (χ3n) is 5.42. The summed E-state index contributed by atoms with van der Waals surface area (Å²) in [5.74, 6) is -0.279. The molecule has 31 heavy (non-hydrogen) atoms. The molecule has 3 nitrogen and oxygen atoms in total. The van der Waals surface area contributed by atoms with E-state index in [9.17, 15) is 4.39 Å². The zero-order valence-electron chi connectivity index (χ0n) is 17.9. The van der Waals surface area contributed by atoms with E-state index in [-0.39, 0.29) is 5.82 Å². The van der Waals surface area contributed by atoms with Gasteiger partial charge < -0.3 is 4.90 Å². The number of hydrazone groups is 1. The molecule has 0 amide bonds. The Hall–Kier alpha value is -3.66. The summed E-state index contributed by atoms with van der Waals surface area (Å²) in [6, 6.07) is 29.6. The molecule has 0 fully saturated rings. The minimum atomic E-state index is -0.279. The second-order valence-corrected chi connectivity index (χ2v) is 7.27. The van der Waals surface area contributed by atoms with E-state index in [2.05, 4.69) is 36.9 Å². The van der Waals surface area contributed by atoms with E-state index in [0.29, 0.717) is 5.56 Å². The highest BCUT2D eigenvalue weighted by Crippen LogP contribution is 2.32. The van der Waals surface area contributed by atoms with E-state index in [4.69, 9.17) is 5.10 Å². The molecule has 4 aromatic carbocycles. The Morgan fingerprint density at radius 3 is 2.23 bits per heavy atom. The van der Waals surface area contributed by atoms with E-state index in [0.717, 1.165) is 40.9 Å². The van der Waals surface area contributed by atoms with Crippen LogP contribution in [0.25, 0.3) is 10.8 Å². The van der Waals surface area contributed by atoms with E-state index >= 15 is 0 Å². The first-order valence-corrected chi connectivity index (χ1v) is 10.6. The maximum atomic E-state index is 14.9. The average Bonchev–Trinajstić information content (AvgIpc) is 2.82. The maximum absolute atomic E-state index is 14.9. The van der Waals surface area contributed by atoms with Gasteiger partial charge in [0.1, 0.15) is 5.82 Å². The van der Waals surface area contributed by atoms with Gasteiger partial charge in [0.15, 0.2) is 0 Å². The Balaban J connectivity index is 1.75. The number of para-hydroxylation sites is 1. The topological polar surface area (TPSA) is 18.8 Å². The number of nitrogens with zero attached hydrogens (tertiary/aromatic N) is 3. The van der Waals surface area contributed by atoms with Crippen molar-refractivity contribution in [1.29, 1.82) is 0 Å². The standard InChI is InChI=1S/C27H26FN3/c1-3-30(4-2)24-18-17-22(26(28)19-24)20-29-31(23-13-6-5-7-14-23)27-16-10-12-21-11-8-9-15-25(21)27/h5-20H,3-4H2,1-2H3. The van der Waals surface area contributed by atoms with Crippen LogP contribution in [0.3, 0.4) is 0 Å². The Morgan fingerprint density at radius 2 is 1.48 bits per heavy atom. The van der Waals surface area contributed by atoms with Crippen molar-refractivity contribution in [3.05, 3.63) is 102 Å². The van der Waals surface area contributed by atoms with Crippen molar-refractivity contribution >= 4 is 34.0 Å². The van der Waals surface area contributed by atoms with E-state index in [1.165, 1.54) is 0 Å². The van der Waals surface area contributed by atoms with Gasteiger partial charge in [-0.2, -0.15) is 5.10 Å². The monoisotopic (exact) mass is 411 g/mol. The first-order chi connectivity index (χ1) is 15.2. The molecule has 0 N–H and O–H groups in total. The van der Waals surface area contributed by atoms with Crippen molar-refractivity contribution in [3.63, 3.8) is 0 Å². The molecule has 0 saturated carbocycles. The molecular formula is C27H26FN3. The normalized spacial score (nSPS) is 11.2. The van der Waals surface area contributed by atoms with Gasteiger partial charge in [-0.1, -0.05) is 54.6 Å². The molecule has 0 saturated heterocycles. The highest BCUT2D eigenvalue weighted by Gasteiger charge is 2.12. The van der Waals surface area contributed by atoms with Crippen LogP contribution in [0.15, 0.2) is 96.1 Å². The molecule has 4 aromatic rings. The third kappa shape index (κ3) is 4.43. The molecule has 0 aliphatic carbocycles. The zero-order chi connectivity index (χ0) is 21.6.